The fraction of sp³-hybridized carbons (Fsp3) is 0.300. The molecule has 3 aromatic rings. The molecule has 0 spiro atoms. The number of anilines is 1. The maximum atomic E-state index is 13.2. The number of aromatic nitrogens is 1. The Morgan fingerprint density at radius 2 is 1.64 bits per heavy atom. The van der Waals surface area contributed by atoms with Crippen molar-refractivity contribution < 1.29 is 4.79 Å². The second-order valence-corrected chi connectivity index (χ2v) is 7.98. The first-order chi connectivity index (χ1) is 13.0. The lowest BCUT2D eigenvalue weighted by molar-refractivity contribution is 0.0984. The summed E-state index contributed by atoms with van der Waals surface area (Å²) in [5.74, 6) is -0.0797. The van der Waals surface area contributed by atoms with Gasteiger partial charge in [0.05, 0.1) is 10.2 Å². The second kappa shape index (κ2) is 10.4. The van der Waals surface area contributed by atoms with E-state index >= 15 is 0 Å². The third-order valence-electron chi connectivity index (χ3n) is 4.44. The van der Waals surface area contributed by atoms with Gasteiger partial charge < -0.3 is 4.90 Å². The fourth-order valence-electron chi connectivity index (χ4n) is 2.82. The highest BCUT2D eigenvalue weighted by Crippen LogP contribution is 2.31. The zero-order valence-electron chi connectivity index (χ0n) is 15.7. The first-order valence-corrected chi connectivity index (χ1v) is 10.4. The number of carbonyl (C=O) groups excluding carboxylic acids is 1. The highest BCUT2D eigenvalue weighted by atomic mass is 35.5. The highest BCUT2D eigenvalue weighted by molar-refractivity contribution is 7.22. The van der Waals surface area contributed by atoms with Crippen LogP contribution in [0.5, 0.6) is 0 Å². The van der Waals surface area contributed by atoms with Crippen molar-refractivity contribution in [1.29, 1.82) is 0 Å². The van der Waals surface area contributed by atoms with Crippen molar-refractivity contribution in [2.45, 2.75) is 13.8 Å². The molecular formula is C20H22Cl3N3OS. The minimum atomic E-state index is -0.0797. The summed E-state index contributed by atoms with van der Waals surface area (Å²) in [5, 5.41) is 1.95. The molecule has 0 aliphatic rings. The van der Waals surface area contributed by atoms with Gasteiger partial charge in [0.2, 0.25) is 0 Å². The van der Waals surface area contributed by atoms with E-state index in [0.29, 0.717) is 27.3 Å². The van der Waals surface area contributed by atoms with Crippen molar-refractivity contribution in [2.24, 2.45) is 0 Å². The summed E-state index contributed by atoms with van der Waals surface area (Å²) in [5.41, 5.74) is 1.44. The first kappa shape index (κ1) is 22.9. The molecule has 150 valence electrons. The van der Waals surface area contributed by atoms with Crippen molar-refractivity contribution in [3.05, 3.63) is 58.1 Å². The molecule has 4 nitrogen and oxygen atoms in total. The van der Waals surface area contributed by atoms with Gasteiger partial charge in [-0.2, -0.15) is 0 Å². The van der Waals surface area contributed by atoms with E-state index in [1.165, 1.54) is 11.3 Å². The van der Waals surface area contributed by atoms with Gasteiger partial charge in [-0.15, -0.1) is 12.4 Å². The third-order valence-corrected chi connectivity index (χ3v) is 5.97. The zero-order valence-corrected chi connectivity index (χ0v) is 18.8. The van der Waals surface area contributed by atoms with Gasteiger partial charge in [-0.05, 0) is 55.6 Å². The summed E-state index contributed by atoms with van der Waals surface area (Å²) < 4.78 is 0.967. The Labute approximate surface area is 185 Å². The van der Waals surface area contributed by atoms with Crippen LogP contribution in [0.4, 0.5) is 5.13 Å². The van der Waals surface area contributed by atoms with E-state index in [1.807, 2.05) is 18.2 Å². The van der Waals surface area contributed by atoms with E-state index in [-0.39, 0.29) is 18.3 Å². The van der Waals surface area contributed by atoms with Crippen molar-refractivity contribution in [3.63, 3.8) is 0 Å². The van der Waals surface area contributed by atoms with Crippen molar-refractivity contribution in [1.82, 2.24) is 9.88 Å². The maximum absolute atomic E-state index is 13.2. The Morgan fingerprint density at radius 3 is 2.29 bits per heavy atom. The predicted octanol–water partition coefficient (Wildman–Crippen LogP) is 6.01. The number of fused-ring (bicyclic) bond motifs is 1. The lowest BCUT2D eigenvalue weighted by Crippen LogP contribution is -2.38. The van der Waals surface area contributed by atoms with E-state index in [4.69, 9.17) is 23.2 Å². The average Bonchev–Trinajstić information content (AvgIpc) is 3.08. The van der Waals surface area contributed by atoms with Crippen LogP contribution in [-0.4, -0.2) is 42.0 Å². The summed E-state index contributed by atoms with van der Waals surface area (Å²) in [6.45, 7) is 7.46. The summed E-state index contributed by atoms with van der Waals surface area (Å²) in [6.07, 6.45) is 0. The van der Waals surface area contributed by atoms with Crippen LogP contribution < -0.4 is 4.90 Å². The molecule has 0 aliphatic carbocycles. The Morgan fingerprint density at radius 1 is 1.00 bits per heavy atom. The number of nitrogens with zero attached hydrogens (tertiary/aromatic N) is 3. The number of likely N-dealkylation sites (N-methyl/N-ethyl adjacent to an activating group) is 1. The van der Waals surface area contributed by atoms with Crippen LogP contribution in [0.1, 0.15) is 24.2 Å². The number of hydrogen-bond donors (Lipinski definition) is 0. The Hall–Kier alpha value is -1.37. The van der Waals surface area contributed by atoms with E-state index in [1.54, 1.807) is 29.2 Å². The van der Waals surface area contributed by atoms with Crippen molar-refractivity contribution in [3.8, 4) is 0 Å². The lowest BCUT2D eigenvalue weighted by Gasteiger charge is -2.24. The maximum Gasteiger partial charge on any atom is 0.260 e. The van der Waals surface area contributed by atoms with Crippen molar-refractivity contribution >= 4 is 68.2 Å². The minimum absolute atomic E-state index is 0. The molecule has 2 aromatic carbocycles. The standard InChI is InChI=1S/C20H21Cl2N3OS.ClH/c1-3-24(4-2)11-12-25(19(26)14-5-7-15(21)8-6-14)20-23-17-10-9-16(22)13-18(17)27-20;/h5-10,13H,3-4,11-12H2,1-2H3;1H. The van der Waals surface area contributed by atoms with Gasteiger partial charge >= 0.3 is 0 Å². The molecule has 0 atom stereocenters. The smallest absolute Gasteiger partial charge is 0.260 e. The van der Waals surface area contributed by atoms with Crippen molar-refractivity contribution in [2.75, 3.05) is 31.1 Å². The molecule has 8 heteroatoms. The Kier molecular flexibility index (Phi) is 8.53. The van der Waals surface area contributed by atoms with E-state index in [2.05, 4.69) is 23.7 Å². The number of rotatable bonds is 7. The van der Waals surface area contributed by atoms with Crippen LogP contribution >= 0.6 is 46.9 Å². The van der Waals surface area contributed by atoms with Gasteiger partial charge in [0.25, 0.3) is 5.91 Å². The third kappa shape index (κ3) is 5.37. The lowest BCUT2D eigenvalue weighted by atomic mass is 10.2. The van der Waals surface area contributed by atoms with E-state index < -0.39 is 0 Å². The molecule has 1 amide bonds. The molecule has 0 saturated carbocycles. The fourth-order valence-corrected chi connectivity index (χ4v) is 4.21. The topological polar surface area (TPSA) is 36.4 Å². The van der Waals surface area contributed by atoms with Gasteiger partial charge in [-0.3, -0.25) is 9.69 Å². The largest absolute Gasteiger partial charge is 0.302 e. The SMILES string of the molecule is CCN(CC)CCN(C(=O)c1ccc(Cl)cc1)c1nc2ccc(Cl)cc2s1.Cl. The predicted molar refractivity (Wildman–Crippen MR) is 123 cm³/mol. The molecule has 0 fully saturated rings. The van der Waals surface area contributed by atoms with Crippen LogP contribution in [0.2, 0.25) is 10.0 Å². The van der Waals surface area contributed by atoms with Crippen LogP contribution in [0, 0.1) is 0 Å². The minimum Gasteiger partial charge on any atom is -0.302 e. The van der Waals surface area contributed by atoms with Crippen LogP contribution in [-0.2, 0) is 0 Å². The molecule has 0 radical (unpaired) electrons. The summed E-state index contributed by atoms with van der Waals surface area (Å²) in [6, 6.07) is 12.5. The highest BCUT2D eigenvalue weighted by Gasteiger charge is 2.22. The quantitative estimate of drug-likeness (QED) is 0.435. The van der Waals surface area contributed by atoms with Gasteiger partial charge in [-0.25, -0.2) is 4.98 Å². The zero-order chi connectivity index (χ0) is 19.4. The molecule has 28 heavy (non-hydrogen) atoms. The molecule has 0 saturated heterocycles. The number of carbonyl (C=O) groups is 1. The van der Waals surface area contributed by atoms with Crippen LogP contribution in [0.3, 0.4) is 0 Å². The molecule has 0 aliphatic heterocycles. The Balaban J connectivity index is 0.00000280. The summed E-state index contributed by atoms with van der Waals surface area (Å²) in [4.78, 5) is 21.9. The second-order valence-electron chi connectivity index (χ2n) is 6.10. The Bertz CT molecular complexity index is 926. The average molecular weight is 459 g/mol. The molecule has 0 bridgehead atoms. The number of thiazole rings is 1. The number of amides is 1. The van der Waals surface area contributed by atoms with Crippen LogP contribution in [0.25, 0.3) is 10.2 Å². The number of halogens is 3. The molecule has 3 rings (SSSR count). The monoisotopic (exact) mass is 457 g/mol. The van der Waals surface area contributed by atoms with Gasteiger partial charge in [0, 0.05) is 28.7 Å². The summed E-state index contributed by atoms with van der Waals surface area (Å²) in [7, 11) is 0. The molecule has 0 unspecified atom stereocenters. The number of hydrogen-bond acceptors (Lipinski definition) is 4. The summed E-state index contributed by atoms with van der Waals surface area (Å²) >= 11 is 13.5. The molecule has 1 heterocycles. The van der Waals surface area contributed by atoms with Gasteiger partial charge in [0.1, 0.15) is 0 Å². The number of benzene rings is 2. The first-order valence-electron chi connectivity index (χ1n) is 8.87. The van der Waals surface area contributed by atoms with Gasteiger partial charge in [0.15, 0.2) is 5.13 Å². The van der Waals surface area contributed by atoms with E-state index in [9.17, 15) is 4.79 Å². The van der Waals surface area contributed by atoms with Crippen LogP contribution in [0.15, 0.2) is 42.5 Å². The molecular weight excluding hydrogens is 437 g/mol. The normalized spacial score (nSPS) is 10.9. The molecule has 1 aromatic heterocycles. The molecule has 0 N–H and O–H groups in total. The van der Waals surface area contributed by atoms with Gasteiger partial charge in [-0.1, -0.05) is 48.4 Å². The van der Waals surface area contributed by atoms with E-state index in [0.717, 1.165) is 29.9 Å².